The van der Waals surface area contributed by atoms with Gasteiger partial charge >= 0.3 is 0 Å². The van der Waals surface area contributed by atoms with Crippen LogP contribution in [0.5, 0.6) is 0 Å². The van der Waals surface area contributed by atoms with E-state index in [2.05, 4.69) is 43.8 Å². The van der Waals surface area contributed by atoms with Crippen LogP contribution in [0.2, 0.25) is 0 Å². The average molecular weight is 406 g/mol. The first-order chi connectivity index (χ1) is 8.13. The predicted octanol–water partition coefficient (Wildman–Crippen LogP) is 4.04. The Morgan fingerprint density at radius 2 is 2.00 bits per heavy atom. The normalized spacial score (nSPS) is 29.9. The number of hydrogen-bond acceptors (Lipinski definition) is 1. The van der Waals surface area contributed by atoms with Crippen LogP contribution in [0.4, 0.5) is 5.69 Å². The molecule has 0 heterocycles. The van der Waals surface area contributed by atoms with Gasteiger partial charge in [0.15, 0.2) is 0 Å². The van der Waals surface area contributed by atoms with Gasteiger partial charge in [-0.3, -0.25) is 4.79 Å². The maximum Gasteiger partial charge on any atom is 0.227 e. The highest BCUT2D eigenvalue weighted by atomic mass is 127. The molecule has 90 valence electrons. The first-order valence-electron chi connectivity index (χ1n) is 5.89. The molecule has 1 aromatic rings. The van der Waals surface area contributed by atoms with Gasteiger partial charge in [-0.2, -0.15) is 0 Å². The van der Waals surface area contributed by atoms with Gasteiger partial charge in [0.1, 0.15) is 0 Å². The molecule has 1 N–H and O–H groups in total. The third-order valence-electron chi connectivity index (χ3n) is 3.80. The van der Waals surface area contributed by atoms with Crippen molar-refractivity contribution in [3.63, 3.8) is 0 Å². The smallest absolute Gasteiger partial charge is 0.227 e. The van der Waals surface area contributed by atoms with Crippen molar-refractivity contribution in [2.45, 2.75) is 19.3 Å². The van der Waals surface area contributed by atoms with E-state index in [1.165, 1.54) is 6.42 Å². The Kier molecular flexibility index (Phi) is 3.19. The molecule has 1 amide bonds. The Morgan fingerprint density at radius 1 is 1.29 bits per heavy atom. The lowest BCUT2D eigenvalue weighted by molar-refractivity contribution is -0.120. The fourth-order valence-corrected chi connectivity index (χ4v) is 3.59. The molecule has 0 bridgehead atoms. The number of fused-ring (bicyclic) bond motifs is 1. The molecule has 2 unspecified atom stereocenters. The Morgan fingerprint density at radius 3 is 2.71 bits per heavy atom. The van der Waals surface area contributed by atoms with E-state index in [4.69, 9.17) is 0 Å². The summed E-state index contributed by atoms with van der Waals surface area (Å²) in [5, 5.41) is 3.06. The zero-order valence-corrected chi connectivity index (χ0v) is 13.0. The maximum absolute atomic E-state index is 12.1. The quantitative estimate of drug-likeness (QED) is 0.739. The molecule has 4 heteroatoms. The minimum atomic E-state index is 0.202. The first-order valence-corrected chi connectivity index (χ1v) is 7.76. The van der Waals surface area contributed by atoms with Crippen LogP contribution in [-0.2, 0) is 4.79 Å². The van der Waals surface area contributed by atoms with E-state index >= 15 is 0 Å². The Balaban J connectivity index is 1.69. The van der Waals surface area contributed by atoms with Crippen LogP contribution < -0.4 is 5.32 Å². The van der Waals surface area contributed by atoms with Crippen molar-refractivity contribution in [3.05, 3.63) is 26.2 Å². The average Bonchev–Trinajstić information content (AvgIpc) is 2.91. The van der Waals surface area contributed by atoms with Crippen molar-refractivity contribution in [3.8, 4) is 0 Å². The molecular weight excluding hydrogens is 393 g/mol. The number of benzene rings is 1. The summed E-state index contributed by atoms with van der Waals surface area (Å²) in [5.41, 5.74) is 0.922. The zero-order chi connectivity index (χ0) is 12.0. The van der Waals surface area contributed by atoms with E-state index in [0.29, 0.717) is 0 Å². The van der Waals surface area contributed by atoms with Crippen LogP contribution in [0, 0.1) is 21.3 Å². The highest BCUT2D eigenvalue weighted by molar-refractivity contribution is 14.1. The Hall–Kier alpha value is -0.100. The number of nitrogens with one attached hydrogen (secondary N) is 1. The van der Waals surface area contributed by atoms with E-state index in [0.717, 1.165) is 38.4 Å². The predicted molar refractivity (Wildman–Crippen MR) is 79.8 cm³/mol. The molecule has 2 saturated carbocycles. The van der Waals surface area contributed by atoms with Crippen molar-refractivity contribution in [2.75, 3.05) is 5.32 Å². The summed E-state index contributed by atoms with van der Waals surface area (Å²) in [6, 6.07) is 5.96. The van der Waals surface area contributed by atoms with Crippen LogP contribution in [0.15, 0.2) is 22.7 Å². The number of carbonyl (C=O) groups is 1. The van der Waals surface area contributed by atoms with Gasteiger partial charge in [-0.25, -0.2) is 0 Å². The molecule has 0 spiro atoms. The summed E-state index contributed by atoms with van der Waals surface area (Å²) in [5.74, 6) is 2.15. The molecule has 0 aliphatic heterocycles. The van der Waals surface area contributed by atoms with Gasteiger partial charge in [-0.05, 0) is 71.9 Å². The van der Waals surface area contributed by atoms with Gasteiger partial charge in [-0.1, -0.05) is 15.9 Å². The second-order valence-electron chi connectivity index (χ2n) is 5.04. The lowest BCUT2D eigenvalue weighted by Gasteiger charge is -2.13. The number of hydrogen-bond donors (Lipinski definition) is 1. The van der Waals surface area contributed by atoms with Crippen molar-refractivity contribution in [1.82, 2.24) is 0 Å². The molecule has 2 aliphatic rings. The van der Waals surface area contributed by atoms with Gasteiger partial charge < -0.3 is 5.32 Å². The zero-order valence-electron chi connectivity index (χ0n) is 9.25. The standard InChI is InChI=1S/C13H13BrINO/c14-10-1-2-11(15)12(6-10)16-13(17)9-4-7-3-8(7)5-9/h1-2,6-9H,3-5H2,(H,16,17). The highest BCUT2D eigenvalue weighted by Crippen LogP contribution is 2.54. The number of rotatable bonds is 2. The molecular formula is C13H13BrINO. The summed E-state index contributed by atoms with van der Waals surface area (Å²) in [6.07, 6.45) is 3.56. The Labute approximate surface area is 123 Å². The number of carbonyl (C=O) groups excluding carboxylic acids is 1. The van der Waals surface area contributed by atoms with Crippen LogP contribution in [-0.4, -0.2) is 5.91 Å². The van der Waals surface area contributed by atoms with E-state index in [1.54, 1.807) is 0 Å². The van der Waals surface area contributed by atoms with E-state index < -0.39 is 0 Å². The summed E-state index contributed by atoms with van der Waals surface area (Å²) in [7, 11) is 0. The van der Waals surface area contributed by atoms with Crippen LogP contribution in [0.3, 0.4) is 0 Å². The summed E-state index contributed by atoms with van der Waals surface area (Å²) < 4.78 is 2.09. The number of halogens is 2. The molecule has 3 rings (SSSR count). The van der Waals surface area contributed by atoms with Crippen molar-refractivity contribution >= 4 is 50.1 Å². The third-order valence-corrected chi connectivity index (χ3v) is 5.23. The van der Waals surface area contributed by atoms with E-state index in [1.807, 2.05) is 18.2 Å². The fraction of sp³-hybridized carbons (Fsp3) is 0.462. The maximum atomic E-state index is 12.1. The SMILES string of the molecule is O=C(Nc1cc(Br)ccc1I)C1CC2CC2C1. The minimum Gasteiger partial charge on any atom is -0.325 e. The van der Waals surface area contributed by atoms with Gasteiger partial charge in [0, 0.05) is 14.0 Å². The van der Waals surface area contributed by atoms with E-state index in [-0.39, 0.29) is 11.8 Å². The fourth-order valence-electron chi connectivity index (χ4n) is 2.76. The van der Waals surface area contributed by atoms with Gasteiger partial charge in [0.25, 0.3) is 0 Å². The van der Waals surface area contributed by atoms with Crippen LogP contribution in [0.25, 0.3) is 0 Å². The van der Waals surface area contributed by atoms with Crippen molar-refractivity contribution < 1.29 is 4.79 Å². The molecule has 2 aliphatic carbocycles. The number of anilines is 1. The van der Waals surface area contributed by atoms with Crippen LogP contribution in [0.1, 0.15) is 19.3 Å². The lowest BCUT2D eigenvalue weighted by Crippen LogP contribution is -2.22. The molecule has 0 radical (unpaired) electrons. The summed E-state index contributed by atoms with van der Waals surface area (Å²) >= 11 is 5.68. The molecule has 0 aromatic heterocycles. The van der Waals surface area contributed by atoms with Crippen molar-refractivity contribution in [1.29, 1.82) is 0 Å². The second kappa shape index (κ2) is 4.53. The lowest BCUT2D eigenvalue weighted by atomic mass is 10.0. The van der Waals surface area contributed by atoms with Gasteiger partial charge in [0.2, 0.25) is 5.91 Å². The van der Waals surface area contributed by atoms with E-state index in [9.17, 15) is 4.79 Å². The van der Waals surface area contributed by atoms with Gasteiger partial charge in [0.05, 0.1) is 5.69 Å². The second-order valence-corrected chi connectivity index (χ2v) is 7.12. The van der Waals surface area contributed by atoms with Crippen LogP contribution >= 0.6 is 38.5 Å². The van der Waals surface area contributed by atoms with Gasteiger partial charge in [-0.15, -0.1) is 0 Å². The molecule has 17 heavy (non-hydrogen) atoms. The first kappa shape index (κ1) is 12.0. The van der Waals surface area contributed by atoms with Crippen molar-refractivity contribution in [2.24, 2.45) is 17.8 Å². The number of amides is 1. The third kappa shape index (κ3) is 2.52. The Bertz CT molecular complexity index is 466. The summed E-state index contributed by atoms with van der Waals surface area (Å²) in [6.45, 7) is 0. The molecule has 2 nitrogen and oxygen atoms in total. The monoisotopic (exact) mass is 405 g/mol. The molecule has 2 fully saturated rings. The highest BCUT2D eigenvalue weighted by Gasteiger charge is 2.47. The molecule has 1 aromatic carbocycles. The molecule has 0 saturated heterocycles. The minimum absolute atomic E-state index is 0.202. The topological polar surface area (TPSA) is 29.1 Å². The summed E-state index contributed by atoms with van der Waals surface area (Å²) in [4.78, 5) is 12.1. The molecule has 2 atom stereocenters. The largest absolute Gasteiger partial charge is 0.325 e.